The van der Waals surface area contributed by atoms with Gasteiger partial charge in [-0.15, -0.1) is 0 Å². The molecule has 4 nitrogen and oxygen atoms in total. The number of rotatable bonds is 4. The van der Waals surface area contributed by atoms with Crippen LogP contribution >= 0.6 is 0 Å². The van der Waals surface area contributed by atoms with E-state index in [1.54, 1.807) is 6.20 Å². The molecule has 4 heteroatoms. The van der Waals surface area contributed by atoms with E-state index in [-0.39, 0.29) is 0 Å². The first-order valence-electron chi connectivity index (χ1n) is 6.25. The second-order valence-electron chi connectivity index (χ2n) is 4.75. The number of nitrogen functional groups attached to an aromatic ring is 1. The highest BCUT2D eigenvalue weighted by Gasteiger charge is 2.30. The molecule has 1 aromatic rings. The molecule has 1 aliphatic rings. The fraction of sp³-hybridized carbons (Fsp3) is 0.615. The van der Waals surface area contributed by atoms with Crippen LogP contribution in [0.1, 0.15) is 13.8 Å². The second kappa shape index (κ2) is 5.36. The van der Waals surface area contributed by atoms with Crippen molar-refractivity contribution in [3.63, 3.8) is 0 Å². The monoisotopic (exact) mass is 235 g/mol. The quantitative estimate of drug-likeness (QED) is 0.864. The summed E-state index contributed by atoms with van der Waals surface area (Å²) in [5.41, 5.74) is 6.36. The van der Waals surface area contributed by atoms with E-state index in [4.69, 9.17) is 10.5 Å². The lowest BCUT2D eigenvalue weighted by Gasteiger charge is -2.17. The molecule has 0 amide bonds. The van der Waals surface area contributed by atoms with Crippen LogP contribution in [0, 0.1) is 11.8 Å². The van der Waals surface area contributed by atoms with E-state index in [1.165, 1.54) is 0 Å². The summed E-state index contributed by atoms with van der Waals surface area (Å²) in [6.45, 7) is 8.04. The zero-order valence-electron chi connectivity index (χ0n) is 10.6. The normalized spacial score (nSPS) is 24.2. The molecule has 0 saturated carbocycles. The van der Waals surface area contributed by atoms with Crippen LogP contribution in [-0.2, 0) is 4.74 Å². The Balaban J connectivity index is 1.98. The van der Waals surface area contributed by atoms with Gasteiger partial charge in [0.25, 0.3) is 0 Å². The van der Waals surface area contributed by atoms with Gasteiger partial charge in [0.1, 0.15) is 5.82 Å². The van der Waals surface area contributed by atoms with Crippen LogP contribution < -0.4 is 10.6 Å². The van der Waals surface area contributed by atoms with Gasteiger partial charge in [-0.05, 0) is 25.0 Å². The minimum absolute atomic E-state index is 0.606. The molecule has 1 aliphatic heterocycles. The predicted octanol–water partition coefficient (Wildman–Crippen LogP) is 1.77. The van der Waals surface area contributed by atoms with Crippen LogP contribution in [0.15, 0.2) is 18.3 Å². The van der Waals surface area contributed by atoms with E-state index >= 15 is 0 Å². The molecule has 17 heavy (non-hydrogen) atoms. The van der Waals surface area contributed by atoms with E-state index in [0.717, 1.165) is 32.1 Å². The van der Waals surface area contributed by atoms with Crippen molar-refractivity contribution in [1.29, 1.82) is 0 Å². The summed E-state index contributed by atoms with van der Waals surface area (Å²) in [7, 11) is 0. The second-order valence-corrected chi connectivity index (χ2v) is 4.75. The number of pyridine rings is 1. The Bertz CT molecular complexity index is 352. The van der Waals surface area contributed by atoms with Crippen molar-refractivity contribution in [2.24, 2.45) is 11.8 Å². The Morgan fingerprint density at radius 2 is 2.29 bits per heavy atom. The maximum absolute atomic E-state index is 5.64. The molecule has 2 rings (SSSR count). The van der Waals surface area contributed by atoms with E-state index < -0.39 is 0 Å². The lowest BCUT2D eigenvalue weighted by molar-refractivity contribution is 0.104. The summed E-state index contributed by atoms with van der Waals surface area (Å²) >= 11 is 0. The third-order valence-corrected chi connectivity index (χ3v) is 3.40. The van der Waals surface area contributed by atoms with Crippen LogP contribution in [0.3, 0.4) is 0 Å². The molecule has 0 aromatic carbocycles. The van der Waals surface area contributed by atoms with Crippen molar-refractivity contribution in [1.82, 2.24) is 4.98 Å². The molecular weight excluding hydrogens is 214 g/mol. The topological polar surface area (TPSA) is 51.4 Å². The average Bonchev–Trinajstić information content (AvgIpc) is 2.69. The molecule has 1 aromatic heterocycles. The number of nitrogens with zero attached hydrogens (tertiary/aromatic N) is 2. The van der Waals surface area contributed by atoms with Crippen molar-refractivity contribution in [3.05, 3.63) is 18.3 Å². The van der Waals surface area contributed by atoms with Crippen LogP contribution in [0.4, 0.5) is 11.5 Å². The van der Waals surface area contributed by atoms with Gasteiger partial charge in [-0.2, -0.15) is 0 Å². The fourth-order valence-corrected chi connectivity index (χ4v) is 2.29. The van der Waals surface area contributed by atoms with Crippen molar-refractivity contribution in [3.8, 4) is 0 Å². The van der Waals surface area contributed by atoms with Crippen molar-refractivity contribution >= 4 is 11.5 Å². The molecule has 2 N–H and O–H groups in total. The molecular formula is C13H21N3O. The lowest BCUT2D eigenvalue weighted by Crippen LogP contribution is -2.22. The first kappa shape index (κ1) is 12.2. The third kappa shape index (κ3) is 2.88. The molecule has 0 aliphatic carbocycles. The van der Waals surface area contributed by atoms with E-state index in [9.17, 15) is 0 Å². The van der Waals surface area contributed by atoms with Crippen LogP contribution in [0.5, 0.6) is 0 Å². The van der Waals surface area contributed by atoms with Gasteiger partial charge in [0, 0.05) is 25.6 Å². The lowest BCUT2D eigenvalue weighted by atomic mass is 9.99. The molecule has 0 spiro atoms. The Morgan fingerprint density at radius 3 is 2.94 bits per heavy atom. The molecule has 0 radical (unpaired) electrons. The summed E-state index contributed by atoms with van der Waals surface area (Å²) < 4.78 is 5.52. The summed E-state index contributed by atoms with van der Waals surface area (Å²) in [6.07, 6.45) is 1.72. The Labute approximate surface area is 103 Å². The van der Waals surface area contributed by atoms with E-state index in [1.807, 2.05) is 19.1 Å². The molecule has 0 unspecified atom stereocenters. The van der Waals surface area contributed by atoms with Gasteiger partial charge in [0.05, 0.1) is 18.5 Å². The van der Waals surface area contributed by atoms with Gasteiger partial charge in [-0.25, -0.2) is 4.98 Å². The van der Waals surface area contributed by atoms with Gasteiger partial charge in [-0.3, -0.25) is 0 Å². The molecule has 2 atom stereocenters. The predicted molar refractivity (Wildman–Crippen MR) is 70.0 cm³/mol. The highest BCUT2D eigenvalue weighted by atomic mass is 16.5. The third-order valence-electron chi connectivity index (χ3n) is 3.40. The highest BCUT2D eigenvalue weighted by molar-refractivity contribution is 5.46. The maximum Gasteiger partial charge on any atom is 0.128 e. The van der Waals surface area contributed by atoms with Crippen LogP contribution in [0.25, 0.3) is 0 Å². The van der Waals surface area contributed by atoms with Crippen molar-refractivity contribution in [2.75, 3.05) is 36.9 Å². The van der Waals surface area contributed by atoms with Gasteiger partial charge < -0.3 is 15.4 Å². The largest absolute Gasteiger partial charge is 0.397 e. The van der Waals surface area contributed by atoms with E-state index in [2.05, 4.69) is 16.8 Å². The number of ether oxygens (including phenoxy) is 1. The Hall–Kier alpha value is -1.29. The summed E-state index contributed by atoms with van der Waals surface area (Å²) in [6, 6.07) is 3.90. The summed E-state index contributed by atoms with van der Waals surface area (Å²) in [4.78, 5) is 6.68. The van der Waals surface area contributed by atoms with Gasteiger partial charge >= 0.3 is 0 Å². The fourth-order valence-electron chi connectivity index (χ4n) is 2.29. The van der Waals surface area contributed by atoms with Gasteiger partial charge in [0.2, 0.25) is 0 Å². The maximum atomic E-state index is 5.64. The van der Waals surface area contributed by atoms with Crippen LogP contribution in [-0.4, -0.2) is 31.3 Å². The zero-order chi connectivity index (χ0) is 12.3. The minimum atomic E-state index is 0.606. The number of hydrogen-bond donors (Lipinski definition) is 1. The molecule has 1 saturated heterocycles. The van der Waals surface area contributed by atoms with Crippen LogP contribution in [0.2, 0.25) is 0 Å². The Morgan fingerprint density at radius 1 is 1.47 bits per heavy atom. The highest BCUT2D eigenvalue weighted by Crippen LogP contribution is 2.27. The number of aromatic nitrogens is 1. The minimum Gasteiger partial charge on any atom is -0.397 e. The van der Waals surface area contributed by atoms with Gasteiger partial charge in [-0.1, -0.05) is 6.92 Å². The smallest absolute Gasteiger partial charge is 0.128 e. The van der Waals surface area contributed by atoms with Crippen molar-refractivity contribution in [2.45, 2.75) is 13.8 Å². The molecule has 0 bridgehead atoms. The summed E-state index contributed by atoms with van der Waals surface area (Å²) in [5, 5.41) is 0. The first-order valence-corrected chi connectivity index (χ1v) is 6.25. The number of hydrogen-bond acceptors (Lipinski definition) is 4. The molecule has 1 fully saturated rings. The standard InChI is InChI=1S/C13H21N3O/c1-3-17-9-11-8-16(7-10(11)2)13-5-4-12(14)6-15-13/h4-6,10-11H,3,7-9,14H2,1-2H3/t10-,11+/m1/s1. The average molecular weight is 235 g/mol. The van der Waals surface area contributed by atoms with E-state index in [0.29, 0.717) is 17.5 Å². The Kier molecular flexibility index (Phi) is 3.84. The first-order chi connectivity index (χ1) is 8.20. The molecule has 94 valence electrons. The zero-order valence-corrected chi connectivity index (χ0v) is 10.6. The van der Waals surface area contributed by atoms with Crippen molar-refractivity contribution < 1.29 is 4.74 Å². The number of nitrogens with two attached hydrogens (primary N) is 1. The summed E-state index contributed by atoms with van der Waals surface area (Å²) in [5.74, 6) is 2.28. The molecule has 2 heterocycles. The SMILES string of the molecule is CCOC[C@@H]1CN(c2ccc(N)cn2)C[C@H]1C. The number of anilines is 2. The van der Waals surface area contributed by atoms with Gasteiger partial charge in [0.15, 0.2) is 0 Å².